The quantitative estimate of drug-likeness (QED) is 0.681. The fraction of sp³-hybridized carbons (Fsp3) is 0.667. The van der Waals surface area contributed by atoms with Gasteiger partial charge in [-0.05, 0) is 38.2 Å². The fourth-order valence-electron chi connectivity index (χ4n) is 2.37. The van der Waals surface area contributed by atoms with Crippen molar-refractivity contribution < 1.29 is 4.79 Å². The maximum absolute atomic E-state index is 11.9. The molecule has 2 nitrogen and oxygen atoms in total. The van der Waals surface area contributed by atoms with E-state index in [9.17, 15) is 4.79 Å². The first-order valence-corrected chi connectivity index (χ1v) is 6.61. The summed E-state index contributed by atoms with van der Waals surface area (Å²) in [6, 6.07) is 0. The summed E-state index contributed by atoms with van der Waals surface area (Å²) in [6.07, 6.45) is 6.30. The van der Waals surface area contributed by atoms with Crippen LogP contribution in [-0.4, -0.2) is 17.4 Å². The molecule has 17 heavy (non-hydrogen) atoms. The highest BCUT2D eigenvalue weighted by Crippen LogP contribution is 2.34. The van der Waals surface area contributed by atoms with E-state index in [4.69, 9.17) is 0 Å². The molecule has 0 aromatic rings. The third kappa shape index (κ3) is 3.12. The first-order valence-electron chi connectivity index (χ1n) is 6.61. The number of allylic oxidation sites excluding steroid dienone is 2. The molecule has 0 unspecified atom stereocenters. The predicted molar refractivity (Wildman–Crippen MR) is 69.1 cm³/mol. The van der Waals surface area contributed by atoms with E-state index in [-0.39, 0.29) is 0 Å². The number of nitrogens with zero attached hydrogens (tertiary/aromatic N) is 1. The Labute approximate surface area is 104 Å². The van der Waals surface area contributed by atoms with Crippen molar-refractivity contribution in [3.63, 3.8) is 0 Å². The van der Waals surface area contributed by atoms with Crippen molar-refractivity contribution in [3.05, 3.63) is 11.3 Å². The summed E-state index contributed by atoms with van der Waals surface area (Å²) in [5, 5.41) is 0. The van der Waals surface area contributed by atoms with E-state index < -0.39 is 0 Å². The minimum atomic E-state index is 0.302. The van der Waals surface area contributed by atoms with E-state index in [1.54, 1.807) is 0 Å². The van der Waals surface area contributed by atoms with Crippen molar-refractivity contribution in [1.82, 2.24) is 4.90 Å². The molecule has 0 saturated heterocycles. The molecule has 2 aliphatic rings. The average molecular weight is 231 g/mol. The van der Waals surface area contributed by atoms with Crippen LogP contribution in [0.2, 0.25) is 0 Å². The lowest BCUT2D eigenvalue weighted by molar-refractivity contribution is -0.130. The molecule has 0 N–H and O–H groups in total. The van der Waals surface area contributed by atoms with Gasteiger partial charge >= 0.3 is 0 Å². The standard InChI is InChI=1S/C15H21NO/c1-3-4-5-14-8-9-15(17)16(12(14)2)11-10-13-6-7-13/h13H,5-11H2,1-2H3. The molecule has 0 atom stereocenters. The third-order valence-electron chi connectivity index (χ3n) is 3.79. The lowest BCUT2D eigenvalue weighted by atomic mass is 9.99. The highest BCUT2D eigenvalue weighted by atomic mass is 16.2. The van der Waals surface area contributed by atoms with Crippen LogP contribution in [0, 0.1) is 17.8 Å². The van der Waals surface area contributed by atoms with Gasteiger partial charge in [0.25, 0.3) is 0 Å². The molecular formula is C15H21NO. The van der Waals surface area contributed by atoms with Crippen LogP contribution in [0.1, 0.15) is 52.4 Å². The van der Waals surface area contributed by atoms with Crippen molar-refractivity contribution >= 4 is 5.91 Å². The summed E-state index contributed by atoms with van der Waals surface area (Å²) >= 11 is 0. The van der Waals surface area contributed by atoms with Crippen LogP contribution in [0.25, 0.3) is 0 Å². The maximum Gasteiger partial charge on any atom is 0.227 e. The highest BCUT2D eigenvalue weighted by molar-refractivity contribution is 5.79. The topological polar surface area (TPSA) is 20.3 Å². The molecule has 2 rings (SSSR count). The van der Waals surface area contributed by atoms with E-state index in [1.807, 2.05) is 11.8 Å². The molecule has 1 saturated carbocycles. The number of hydrogen-bond donors (Lipinski definition) is 0. The van der Waals surface area contributed by atoms with E-state index in [0.29, 0.717) is 12.3 Å². The zero-order valence-electron chi connectivity index (χ0n) is 10.9. The number of carbonyl (C=O) groups excluding carboxylic acids is 1. The lowest BCUT2D eigenvalue weighted by Crippen LogP contribution is -2.34. The Kier molecular flexibility index (Phi) is 3.89. The Bertz CT molecular complexity index is 393. The summed E-state index contributed by atoms with van der Waals surface area (Å²) in [5.41, 5.74) is 2.53. The Morgan fingerprint density at radius 1 is 1.35 bits per heavy atom. The van der Waals surface area contributed by atoms with Gasteiger partial charge in [0.05, 0.1) is 0 Å². The molecule has 0 bridgehead atoms. The molecule has 0 radical (unpaired) electrons. The summed E-state index contributed by atoms with van der Waals surface area (Å²) in [4.78, 5) is 13.9. The van der Waals surface area contributed by atoms with Gasteiger partial charge in [0.2, 0.25) is 5.91 Å². The van der Waals surface area contributed by atoms with E-state index in [2.05, 4.69) is 18.8 Å². The molecule has 0 spiro atoms. The molecule has 2 heteroatoms. The highest BCUT2D eigenvalue weighted by Gasteiger charge is 2.27. The van der Waals surface area contributed by atoms with E-state index >= 15 is 0 Å². The molecular weight excluding hydrogens is 210 g/mol. The molecule has 1 aliphatic carbocycles. The van der Waals surface area contributed by atoms with Gasteiger partial charge in [-0.15, -0.1) is 5.92 Å². The van der Waals surface area contributed by atoms with Crippen LogP contribution in [0.5, 0.6) is 0 Å². The van der Waals surface area contributed by atoms with Crippen LogP contribution >= 0.6 is 0 Å². The lowest BCUT2D eigenvalue weighted by Gasteiger charge is -2.30. The van der Waals surface area contributed by atoms with Crippen LogP contribution in [0.4, 0.5) is 0 Å². The smallest absolute Gasteiger partial charge is 0.227 e. The minimum absolute atomic E-state index is 0.302. The van der Waals surface area contributed by atoms with Gasteiger partial charge in [-0.3, -0.25) is 4.79 Å². The summed E-state index contributed by atoms with van der Waals surface area (Å²) in [7, 11) is 0. The average Bonchev–Trinajstić information content (AvgIpc) is 3.12. The molecule has 1 amide bonds. The maximum atomic E-state index is 11.9. The summed E-state index contributed by atoms with van der Waals surface area (Å²) < 4.78 is 0. The van der Waals surface area contributed by atoms with E-state index in [1.165, 1.54) is 30.5 Å². The normalized spacial score (nSPS) is 20.4. The largest absolute Gasteiger partial charge is 0.316 e. The fourth-order valence-corrected chi connectivity index (χ4v) is 2.37. The molecule has 1 aliphatic heterocycles. The predicted octanol–water partition coefficient (Wildman–Crippen LogP) is 3.10. The van der Waals surface area contributed by atoms with Gasteiger partial charge < -0.3 is 4.90 Å². The number of hydrogen-bond acceptors (Lipinski definition) is 1. The molecule has 1 heterocycles. The second kappa shape index (κ2) is 5.40. The van der Waals surface area contributed by atoms with Gasteiger partial charge in [0.1, 0.15) is 0 Å². The Hall–Kier alpha value is -1.23. The van der Waals surface area contributed by atoms with Crippen LogP contribution in [0.15, 0.2) is 11.3 Å². The number of carbonyl (C=O) groups is 1. The minimum Gasteiger partial charge on any atom is -0.316 e. The van der Waals surface area contributed by atoms with Crippen molar-refractivity contribution in [1.29, 1.82) is 0 Å². The van der Waals surface area contributed by atoms with Gasteiger partial charge in [-0.1, -0.05) is 18.8 Å². The van der Waals surface area contributed by atoms with Gasteiger partial charge in [0, 0.05) is 25.1 Å². The molecule has 92 valence electrons. The first-order chi connectivity index (χ1) is 8.22. The second-order valence-corrected chi connectivity index (χ2v) is 5.07. The summed E-state index contributed by atoms with van der Waals surface area (Å²) in [6.45, 7) is 4.86. The second-order valence-electron chi connectivity index (χ2n) is 5.07. The van der Waals surface area contributed by atoms with Gasteiger partial charge in [-0.25, -0.2) is 0 Å². The monoisotopic (exact) mass is 231 g/mol. The first kappa shape index (κ1) is 12.2. The van der Waals surface area contributed by atoms with Crippen molar-refractivity contribution in [2.45, 2.75) is 52.4 Å². The van der Waals surface area contributed by atoms with E-state index in [0.717, 1.165) is 25.3 Å². The van der Waals surface area contributed by atoms with Crippen molar-refractivity contribution in [2.75, 3.05) is 6.54 Å². The number of rotatable bonds is 4. The molecule has 0 aromatic carbocycles. The van der Waals surface area contributed by atoms with Crippen molar-refractivity contribution in [2.24, 2.45) is 5.92 Å². The zero-order chi connectivity index (χ0) is 12.3. The van der Waals surface area contributed by atoms with Crippen LogP contribution < -0.4 is 0 Å². The molecule has 0 aromatic heterocycles. The Morgan fingerprint density at radius 2 is 2.12 bits per heavy atom. The molecule has 1 fully saturated rings. The number of amides is 1. The summed E-state index contributed by atoms with van der Waals surface area (Å²) in [5.74, 6) is 7.24. The van der Waals surface area contributed by atoms with Crippen LogP contribution in [-0.2, 0) is 4.79 Å². The Balaban J connectivity index is 2.02. The zero-order valence-corrected chi connectivity index (χ0v) is 10.9. The van der Waals surface area contributed by atoms with Gasteiger partial charge in [0.15, 0.2) is 0 Å². The van der Waals surface area contributed by atoms with Crippen molar-refractivity contribution in [3.8, 4) is 11.8 Å². The SMILES string of the molecule is CC#CCC1=C(C)N(CCC2CC2)C(=O)CC1. The Morgan fingerprint density at radius 3 is 2.76 bits per heavy atom. The van der Waals surface area contributed by atoms with Crippen LogP contribution in [0.3, 0.4) is 0 Å². The van der Waals surface area contributed by atoms with Gasteiger partial charge in [-0.2, -0.15) is 0 Å². The third-order valence-corrected chi connectivity index (χ3v) is 3.79.